The van der Waals surface area contributed by atoms with Crippen LogP contribution in [0.3, 0.4) is 0 Å². The molecule has 0 aliphatic carbocycles. The van der Waals surface area contributed by atoms with Crippen molar-refractivity contribution in [2.75, 3.05) is 38.2 Å². The Morgan fingerprint density at radius 2 is 1.86 bits per heavy atom. The molecular weight excluding hydrogens is 358 g/mol. The molecule has 0 aromatic heterocycles. The van der Waals surface area contributed by atoms with Gasteiger partial charge in [0.05, 0.1) is 19.3 Å². The number of benzene rings is 1. The van der Waals surface area contributed by atoms with Crippen LogP contribution in [0.1, 0.15) is 44.0 Å². The van der Waals surface area contributed by atoms with E-state index in [1.54, 1.807) is 36.2 Å². The van der Waals surface area contributed by atoms with Crippen molar-refractivity contribution in [1.82, 2.24) is 10.2 Å². The van der Waals surface area contributed by atoms with Gasteiger partial charge in [0.25, 0.3) is 5.91 Å². The van der Waals surface area contributed by atoms with Crippen molar-refractivity contribution in [1.29, 1.82) is 0 Å². The molecule has 1 aromatic carbocycles. The number of likely N-dealkylation sites (tertiary alicyclic amines) is 1. The average molecular weight is 389 g/mol. The van der Waals surface area contributed by atoms with E-state index in [4.69, 9.17) is 9.47 Å². The first-order valence-electron chi connectivity index (χ1n) is 9.95. The Hall–Kier alpha value is -2.12. The Labute approximate surface area is 167 Å². The predicted octanol–water partition coefficient (Wildman–Crippen LogP) is 2.65. The van der Waals surface area contributed by atoms with E-state index >= 15 is 0 Å². The molecule has 0 spiro atoms. The van der Waals surface area contributed by atoms with Gasteiger partial charge in [-0.1, -0.05) is 0 Å². The molecule has 3 rings (SSSR count). The SMILES string of the molecule is CNC(=O)c1ccc(N2CC(COC3CCN(C(C)(C)C)CC3)OC2=O)cc1. The lowest BCUT2D eigenvalue weighted by atomic mass is 9.99. The molecule has 2 heterocycles. The molecule has 2 aliphatic heterocycles. The predicted molar refractivity (Wildman–Crippen MR) is 108 cm³/mol. The fourth-order valence-corrected chi connectivity index (χ4v) is 3.69. The number of hydrogen-bond acceptors (Lipinski definition) is 5. The smallest absolute Gasteiger partial charge is 0.414 e. The van der Waals surface area contributed by atoms with Crippen LogP contribution in [-0.2, 0) is 9.47 Å². The Bertz CT molecular complexity index is 691. The summed E-state index contributed by atoms with van der Waals surface area (Å²) in [5.41, 5.74) is 1.47. The highest BCUT2D eigenvalue weighted by atomic mass is 16.6. The van der Waals surface area contributed by atoms with Crippen molar-refractivity contribution in [3.63, 3.8) is 0 Å². The lowest BCUT2D eigenvalue weighted by Gasteiger charge is -2.40. The summed E-state index contributed by atoms with van der Waals surface area (Å²) < 4.78 is 11.5. The van der Waals surface area contributed by atoms with Crippen molar-refractivity contribution in [3.8, 4) is 0 Å². The molecule has 1 unspecified atom stereocenters. The molecule has 0 saturated carbocycles. The Balaban J connectivity index is 1.48. The van der Waals surface area contributed by atoms with E-state index in [9.17, 15) is 9.59 Å². The molecule has 0 radical (unpaired) electrons. The van der Waals surface area contributed by atoms with Gasteiger partial charge in [-0.25, -0.2) is 4.79 Å². The van der Waals surface area contributed by atoms with E-state index in [-0.39, 0.29) is 29.7 Å². The standard InChI is InChI=1S/C21H31N3O4/c1-21(2,3)23-11-9-17(10-12-23)27-14-18-13-24(20(26)28-18)16-7-5-15(6-8-16)19(25)22-4/h5-8,17-18H,9-14H2,1-4H3,(H,22,25). The van der Waals surface area contributed by atoms with Crippen LogP contribution in [-0.4, -0.2) is 67.9 Å². The third kappa shape index (κ3) is 4.83. The third-order valence-corrected chi connectivity index (χ3v) is 5.45. The van der Waals surface area contributed by atoms with Gasteiger partial charge in [-0.2, -0.15) is 0 Å². The summed E-state index contributed by atoms with van der Waals surface area (Å²) in [6, 6.07) is 6.93. The van der Waals surface area contributed by atoms with E-state index in [0.717, 1.165) is 31.6 Å². The van der Waals surface area contributed by atoms with Crippen LogP contribution >= 0.6 is 0 Å². The number of nitrogens with one attached hydrogen (secondary N) is 1. The Kier molecular flexibility index (Phi) is 6.25. The molecule has 2 amide bonds. The number of cyclic esters (lactones) is 1. The number of ether oxygens (including phenoxy) is 2. The lowest BCUT2D eigenvalue weighted by Crippen LogP contribution is -2.47. The largest absolute Gasteiger partial charge is 0.441 e. The molecule has 2 fully saturated rings. The third-order valence-electron chi connectivity index (χ3n) is 5.45. The minimum atomic E-state index is -0.371. The van der Waals surface area contributed by atoms with Crippen LogP contribution in [0.25, 0.3) is 0 Å². The van der Waals surface area contributed by atoms with Crippen molar-refractivity contribution in [2.24, 2.45) is 0 Å². The maximum Gasteiger partial charge on any atom is 0.414 e. The van der Waals surface area contributed by atoms with Crippen molar-refractivity contribution in [2.45, 2.75) is 51.4 Å². The number of carbonyl (C=O) groups is 2. The van der Waals surface area contributed by atoms with Gasteiger partial charge in [-0.15, -0.1) is 0 Å². The van der Waals surface area contributed by atoms with Gasteiger partial charge in [0.1, 0.15) is 6.10 Å². The molecule has 28 heavy (non-hydrogen) atoms. The minimum Gasteiger partial charge on any atom is -0.441 e. The van der Waals surface area contributed by atoms with Gasteiger partial charge in [0.2, 0.25) is 0 Å². The fraction of sp³-hybridized carbons (Fsp3) is 0.619. The van der Waals surface area contributed by atoms with Crippen molar-refractivity contribution < 1.29 is 19.1 Å². The molecule has 2 saturated heterocycles. The lowest BCUT2D eigenvalue weighted by molar-refractivity contribution is -0.0394. The summed E-state index contributed by atoms with van der Waals surface area (Å²) in [5.74, 6) is -0.153. The molecule has 1 N–H and O–H groups in total. The maximum absolute atomic E-state index is 12.2. The van der Waals surface area contributed by atoms with Gasteiger partial charge >= 0.3 is 6.09 Å². The number of rotatable bonds is 5. The van der Waals surface area contributed by atoms with Gasteiger partial charge in [0, 0.05) is 36.9 Å². The summed E-state index contributed by atoms with van der Waals surface area (Å²) >= 11 is 0. The van der Waals surface area contributed by atoms with E-state index in [1.807, 2.05) is 0 Å². The van der Waals surface area contributed by atoms with E-state index in [0.29, 0.717) is 18.7 Å². The van der Waals surface area contributed by atoms with Crippen LogP contribution < -0.4 is 10.2 Å². The van der Waals surface area contributed by atoms with Crippen LogP contribution in [0.4, 0.5) is 10.5 Å². The number of amides is 2. The highest BCUT2D eigenvalue weighted by Crippen LogP contribution is 2.25. The first kappa shape index (κ1) is 20.6. The maximum atomic E-state index is 12.2. The zero-order valence-corrected chi connectivity index (χ0v) is 17.2. The van der Waals surface area contributed by atoms with Crippen LogP contribution in [0.15, 0.2) is 24.3 Å². The summed E-state index contributed by atoms with van der Waals surface area (Å²) in [5, 5.41) is 2.58. The molecule has 2 aliphatic rings. The molecule has 1 atom stereocenters. The Morgan fingerprint density at radius 3 is 2.43 bits per heavy atom. The molecule has 1 aromatic rings. The van der Waals surface area contributed by atoms with Crippen LogP contribution in [0.2, 0.25) is 0 Å². The molecule has 7 nitrogen and oxygen atoms in total. The van der Waals surface area contributed by atoms with E-state index in [1.165, 1.54) is 0 Å². The number of hydrogen-bond donors (Lipinski definition) is 1. The second kappa shape index (κ2) is 8.49. The van der Waals surface area contributed by atoms with Crippen molar-refractivity contribution >= 4 is 17.7 Å². The molecule has 154 valence electrons. The summed E-state index contributed by atoms with van der Waals surface area (Å²) in [4.78, 5) is 27.9. The van der Waals surface area contributed by atoms with Gasteiger partial charge in [0.15, 0.2) is 0 Å². The first-order valence-corrected chi connectivity index (χ1v) is 9.95. The monoisotopic (exact) mass is 389 g/mol. The van der Waals surface area contributed by atoms with Crippen LogP contribution in [0, 0.1) is 0 Å². The second-order valence-corrected chi connectivity index (χ2v) is 8.43. The quantitative estimate of drug-likeness (QED) is 0.838. The van der Waals surface area contributed by atoms with Gasteiger partial charge < -0.3 is 14.8 Å². The first-order chi connectivity index (χ1) is 13.3. The highest BCUT2D eigenvalue weighted by molar-refractivity contribution is 5.95. The number of anilines is 1. The number of nitrogens with zero attached hydrogens (tertiary/aromatic N) is 2. The van der Waals surface area contributed by atoms with Gasteiger partial charge in [-0.3, -0.25) is 14.6 Å². The van der Waals surface area contributed by atoms with Crippen LogP contribution in [0.5, 0.6) is 0 Å². The topological polar surface area (TPSA) is 71.1 Å². The number of carbonyl (C=O) groups excluding carboxylic acids is 2. The molecule has 0 bridgehead atoms. The number of piperidine rings is 1. The van der Waals surface area contributed by atoms with E-state index < -0.39 is 0 Å². The normalized spacial score (nSPS) is 21.6. The van der Waals surface area contributed by atoms with Gasteiger partial charge in [-0.05, 0) is 57.9 Å². The molecule has 7 heteroatoms. The summed E-state index contributed by atoms with van der Waals surface area (Å²) in [6.07, 6.45) is 1.58. The van der Waals surface area contributed by atoms with Crippen molar-refractivity contribution in [3.05, 3.63) is 29.8 Å². The zero-order chi connectivity index (χ0) is 20.3. The summed E-state index contributed by atoms with van der Waals surface area (Å²) in [6.45, 7) is 9.65. The molecular formula is C21H31N3O4. The second-order valence-electron chi connectivity index (χ2n) is 8.43. The fourth-order valence-electron chi connectivity index (χ4n) is 3.69. The summed E-state index contributed by atoms with van der Waals surface area (Å²) in [7, 11) is 1.59. The Morgan fingerprint density at radius 1 is 1.21 bits per heavy atom. The van der Waals surface area contributed by atoms with E-state index in [2.05, 4.69) is 31.0 Å². The highest BCUT2D eigenvalue weighted by Gasteiger charge is 2.34. The minimum absolute atomic E-state index is 0.153. The zero-order valence-electron chi connectivity index (χ0n) is 17.2. The average Bonchev–Trinajstić information content (AvgIpc) is 3.06.